The molecule has 0 atom stereocenters. The average molecular weight is 242 g/mol. The first kappa shape index (κ1) is 13.1. The van der Waals surface area contributed by atoms with Crippen molar-refractivity contribution in [3.63, 3.8) is 0 Å². The van der Waals surface area contributed by atoms with Gasteiger partial charge in [-0.05, 0) is 27.2 Å². The third kappa shape index (κ3) is 3.01. The molecule has 5 heteroatoms. The van der Waals surface area contributed by atoms with Crippen LogP contribution in [0, 0.1) is 6.92 Å². The van der Waals surface area contributed by atoms with Gasteiger partial charge in [0, 0.05) is 11.7 Å². The topological polar surface area (TPSA) is 55.1 Å². The maximum Gasteiger partial charge on any atom is 0.313 e. The van der Waals surface area contributed by atoms with Gasteiger partial charge in [0.2, 0.25) is 0 Å². The van der Waals surface area contributed by atoms with Gasteiger partial charge in [0.1, 0.15) is 0 Å². The fraction of sp³-hybridized carbons (Fsp3) is 0.636. The summed E-state index contributed by atoms with van der Waals surface area (Å²) in [4.78, 5) is 14.9. The zero-order valence-electron chi connectivity index (χ0n) is 10.1. The predicted octanol–water partition coefficient (Wildman–Crippen LogP) is 2.51. The van der Waals surface area contributed by atoms with Gasteiger partial charge >= 0.3 is 5.97 Å². The molecular formula is C11H18N2O2S. The highest BCUT2D eigenvalue weighted by Crippen LogP contribution is 2.27. The van der Waals surface area contributed by atoms with Crippen LogP contribution in [0.5, 0.6) is 0 Å². The van der Waals surface area contributed by atoms with Gasteiger partial charge in [-0.15, -0.1) is 0 Å². The summed E-state index contributed by atoms with van der Waals surface area (Å²) < 4.78 is 2.07. The summed E-state index contributed by atoms with van der Waals surface area (Å²) in [6.07, 6.45) is 2.96. The first-order chi connectivity index (χ1) is 7.36. The number of thioether (sulfide) groups is 1. The molecule has 0 radical (unpaired) electrons. The Morgan fingerprint density at radius 2 is 2.25 bits per heavy atom. The minimum Gasteiger partial charge on any atom is -0.481 e. The molecule has 1 heterocycles. The van der Waals surface area contributed by atoms with E-state index in [9.17, 15) is 4.79 Å². The van der Waals surface area contributed by atoms with E-state index in [1.807, 2.05) is 13.1 Å². The summed E-state index contributed by atoms with van der Waals surface area (Å²) in [6, 6.07) is 0. The van der Waals surface area contributed by atoms with Crippen LogP contribution in [-0.4, -0.2) is 26.4 Å². The number of carboxylic acid groups (broad SMARTS) is 1. The lowest BCUT2D eigenvalue weighted by atomic mass is 10.0. The Morgan fingerprint density at radius 1 is 1.62 bits per heavy atom. The van der Waals surface area contributed by atoms with E-state index < -0.39 is 5.97 Å². The van der Waals surface area contributed by atoms with Gasteiger partial charge in [0.25, 0.3) is 0 Å². The lowest BCUT2D eigenvalue weighted by Crippen LogP contribution is -2.25. The number of aliphatic carboxylic acids is 1. The Morgan fingerprint density at radius 3 is 2.75 bits per heavy atom. The predicted molar refractivity (Wildman–Crippen MR) is 64.9 cm³/mol. The minimum absolute atomic E-state index is 0.0257. The van der Waals surface area contributed by atoms with Crippen molar-refractivity contribution in [3.8, 4) is 0 Å². The van der Waals surface area contributed by atoms with Crippen LogP contribution in [-0.2, 0) is 10.3 Å². The number of imidazole rings is 1. The van der Waals surface area contributed by atoms with E-state index >= 15 is 0 Å². The fourth-order valence-corrected chi connectivity index (χ4v) is 2.21. The summed E-state index contributed by atoms with van der Waals surface area (Å²) in [5.74, 6) is -0.762. The molecule has 0 amide bonds. The number of hydrogen-bond donors (Lipinski definition) is 1. The summed E-state index contributed by atoms with van der Waals surface area (Å²) >= 11 is 1.27. The quantitative estimate of drug-likeness (QED) is 0.806. The van der Waals surface area contributed by atoms with E-state index in [-0.39, 0.29) is 11.3 Å². The van der Waals surface area contributed by atoms with E-state index in [1.165, 1.54) is 11.8 Å². The van der Waals surface area contributed by atoms with Crippen molar-refractivity contribution in [1.82, 2.24) is 9.55 Å². The molecule has 0 spiro atoms. The summed E-state index contributed by atoms with van der Waals surface area (Å²) in [6.45, 7) is 8.28. The Balaban J connectivity index is 2.96. The van der Waals surface area contributed by atoms with Crippen LogP contribution >= 0.6 is 11.8 Å². The van der Waals surface area contributed by atoms with E-state index in [0.29, 0.717) is 0 Å². The van der Waals surface area contributed by atoms with Crippen molar-refractivity contribution in [2.75, 3.05) is 5.75 Å². The van der Waals surface area contributed by atoms with Gasteiger partial charge in [0.15, 0.2) is 5.16 Å². The molecular weight excluding hydrogens is 224 g/mol. The maximum absolute atomic E-state index is 10.6. The standard InChI is InChI=1S/C11H18N2O2S/c1-5-11(3,4)13-6-8(2)12-10(13)16-7-9(14)15/h6H,5,7H2,1-4H3,(H,14,15). The second-order valence-electron chi connectivity index (χ2n) is 4.38. The largest absolute Gasteiger partial charge is 0.481 e. The molecule has 0 aliphatic heterocycles. The van der Waals surface area contributed by atoms with Crippen LogP contribution in [0.15, 0.2) is 11.4 Å². The van der Waals surface area contributed by atoms with Gasteiger partial charge in [-0.1, -0.05) is 18.7 Å². The van der Waals surface area contributed by atoms with E-state index in [2.05, 4.69) is 30.3 Å². The number of nitrogens with zero attached hydrogens (tertiary/aromatic N) is 2. The van der Waals surface area contributed by atoms with Crippen molar-refractivity contribution in [1.29, 1.82) is 0 Å². The molecule has 1 aromatic heterocycles. The first-order valence-electron chi connectivity index (χ1n) is 5.28. The van der Waals surface area contributed by atoms with Crippen LogP contribution in [0.4, 0.5) is 0 Å². The molecule has 0 aromatic carbocycles. The van der Waals surface area contributed by atoms with Gasteiger partial charge in [-0.3, -0.25) is 4.79 Å². The van der Waals surface area contributed by atoms with Crippen molar-refractivity contribution < 1.29 is 9.90 Å². The minimum atomic E-state index is -0.813. The Hall–Kier alpha value is -0.970. The SMILES string of the molecule is CCC(C)(C)n1cc(C)nc1SCC(=O)O. The molecule has 0 aliphatic rings. The lowest BCUT2D eigenvalue weighted by Gasteiger charge is -2.26. The summed E-state index contributed by atoms with van der Waals surface area (Å²) in [5.41, 5.74) is 0.900. The molecule has 1 aromatic rings. The second-order valence-corrected chi connectivity index (χ2v) is 5.33. The monoisotopic (exact) mass is 242 g/mol. The van der Waals surface area contributed by atoms with Crippen LogP contribution in [0.25, 0.3) is 0 Å². The highest BCUT2D eigenvalue weighted by atomic mass is 32.2. The zero-order chi connectivity index (χ0) is 12.3. The number of aromatic nitrogens is 2. The van der Waals surface area contributed by atoms with E-state index in [0.717, 1.165) is 17.3 Å². The second kappa shape index (κ2) is 4.91. The van der Waals surface area contributed by atoms with Crippen LogP contribution in [0.3, 0.4) is 0 Å². The molecule has 0 bridgehead atoms. The zero-order valence-corrected chi connectivity index (χ0v) is 11.0. The molecule has 0 saturated carbocycles. The smallest absolute Gasteiger partial charge is 0.313 e. The van der Waals surface area contributed by atoms with Crippen LogP contribution in [0.2, 0.25) is 0 Å². The number of aryl methyl sites for hydroxylation is 1. The van der Waals surface area contributed by atoms with E-state index in [4.69, 9.17) is 5.11 Å². The van der Waals surface area contributed by atoms with Gasteiger partial charge in [-0.2, -0.15) is 0 Å². The Labute approximate surface area is 100 Å². The third-order valence-electron chi connectivity index (χ3n) is 2.64. The molecule has 90 valence electrons. The maximum atomic E-state index is 10.6. The molecule has 16 heavy (non-hydrogen) atoms. The van der Waals surface area contributed by atoms with Crippen molar-refractivity contribution >= 4 is 17.7 Å². The third-order valence-corrected chi connectivity index (χ3v) is 3.57. The molecule has 1 N–H and O–H groups in total. The van der Waals surface area contributed by atoms with Crippen LogP contribution < -0.4 is 0 Å². The Kier molecular flexibility index (Phi) is 4.02. The Bertz CT molecular complexity index is 385. The van der Waals surface area contributed by atoms with Crippen LogP contribution in [0.1, 0.15) is 32.9 Å². The lowest BCUT2D eigenvalue weighted by molar-refractivity contribution is -0.133. The van der Waals surface area contributed by atoms with Gasteiger partial charge in [-0.25, -0.2) is 4.98 Å². The molecule has 1 rings (SSSR count). The first-order valence-corrected chi connectivity index (χ1v) is 6.26. The number of rotatable bonds is 5. The molecule has 4 nitrogen and oxygen atoms in total. The van der Waals surface area contributed by atoms with Crippen molar-refractivity contribution in [2.45, 2.75) is 44.8 Å². The number of hydrogen-bond acceptors (Lipinski definition) is 3. The number of carbonyl (C=O) groups is 1. The average Bonchev–Trinajstić information content (AvgIpc) is 2.57. The van der Waals surface area contributed by atoms with Crippen molar-refractivity contribution in [3.05, 3.63) is 11.9 Å². The molecule has 0 unspecified atom stereocenters. The fourth-order valence-electron chi connectivity index (χ4n) is 1.31. The molecule has 0 saturated heterocycles. The molecule has 0 aliphatic carbocycles. The summed E-state index contributed by atoms with van der Waals surface area (Å²) in [7, 11) is 0. The van der Waals surface area contributed by atoms with Crippen molar-refractivity contribution in [2.24, 2.45) is 0 Å². The normalized spacial score (nSPS) is 11.8. The van der Waals surface area contributed by atoms with Gasteiger partial charge < -0.3 is 9.67 Å². The highest BCUT2D eigenvalue weighted by Gasteiger charge is 2.22. The van der Waals surface area contributed by atoms with E-state index in [1.54, 1.807) is 0 Å². The number of carboxylic acids is 1. The highest BCUT2D eigenvalue weighted by molar-refractivity contribution is 7.99. The molecule has 0 fully saturated rings. The summed E-state index contributed by atoms with van der Waals surface area (Å²) in [5, 5.41) is 9.46. The van der Waals surface area contributed by atoms with Gasteiger partial charge in [0.05, 0.1) is 11.4 Å².